The van der Waals surface area contributed by atoms with Gasteiger partial charge in [0.05, 0.1) is 29.5 Å². The molecule has 4 heterocycles. The lowest BCUT2D eigenvalue weighted by molar-refractivity contribution is -0.329. The SMILES string of the molecule is CN1CCC23c4c5ccc(CO)c4OC2[C@@H](OC(C)(C)C)CC[C@H]3[C@H]1C5.CO[C@]12CC[C@@]3(C[C@@H]1[C@](C)(OC(C)(C)C)C(C)(C)C)[C@H]1Cc4ccc(O)c5c4C3(CCN1CC1CC1)C2O5. The van der Waals surface area contributed by atoms with Gasteiger partial charge in [0.15, 0.2) is 11.5 Å². The molecule has 0 aromatic heterocycles. The van der Waals surface area contributed by atoms with Crippen LogP contribution in [0, 0.1) is 28.6 Å². The van der Waals surface area contributed by atoms with Crippen molar-refractivity contribution in [2.24, 2.45) is 28.6 Å². The summed E-state index contributed by atoms with van der Waals surface area (Å²) in [6, 6.07) is 9.49. The van der Waals surface area contributed by atoms with Crippen molar-refractivity contribution >= 4 is 0 Å². The summed E-state index contributed by atoms with van der Waals surface area (Å²) in [5, 5.41) is 21.0. The second-order valence-corrected chi connectivity index (χ2v) is 25.7. The van der Waals surface area contributed by atoms with E-state index >= 15 is 0 Å². The quantitative estimate of drug-likeness (QED) is 0.283. The third-order valence-corrected chi connectivity index (χ3v) is 19.7. The molecule has 3 spiro atoms. The van der Waals surface area contributed by atoms with Gasteiger partial charge in [-0.25, -0.2) is 0 Å². The number of hydrogen-bond donors (Lipinski definition) is 2. The van der Waals surface area contributed by atoms with Gasteiger partial charge >= 0.3 is 0 Å². The Balaban J connectivity index is 0.000000153. The van der Waals surface area contributed by atoms with E-state index in [9.17, 15) is 10.2 Å². The Labute approximate surface area is 384 Å². The zero-order chi connectivity index (χ0) is 45.4. The first-order chi connectivity index (χ1) is 30.1. The minimum absolute atomic E-state index is 0.0458. The molecule has 7 aliphatic carbocycles. The molecule has 6 bridgehead atoms. The molecule has 64 heavy (non-hydrogen) atoms. The number of fused-ring (bicyclic) bond motifs is 2. The molecule has 2 saturated heterocycles. The molecule has 11 aliphatic rings. The highest BCUT2D eigenvalue weighted by Gasteiger charge is 2.83. The number of nitrogens with zero attached hydrogens (tertiary/aromatic N) is 2. The molecule has 0 amide bonds. The third kappa shape index (κ3) is 5.82. The molecule has 5 saturated carbocycles. The lowest BCUT2D eigenvalue weighted by Gasteiger charge is -2.76. The van der Waals surface area contributed by atoms with Gasteiger partial charge in [-0.3, -0.25) is 4.90 Å². The molecule has 2 aromatic carbocycles. The van der Waals surface area contributed by atoms with Gasteiger partial charge in [-0.15, -0.1) is 0 Å². The van der Waals surface area contributed by atoms with E-state index in [1.807, 2.05) is 13.2 Å². The number of aromatic hydroxyl groups is 1. The van der Waals surface area contributed by atoms with E-state index in [1.54, 1.807) is 0 Å². The van der Waals surface area contributed by atoms with Crippen LogP contribution in [-0.2, 0) is 44.5 Å². The number of phenolic OH excluding ortho intramolecular Hbond substituents is 1. The van der Waals surface area contributed by atoms with Crippen molar-refractivity contribution in [3.8, 4) is 17.2 Å². The minimum Gasteiger partial charge on any atom is -0.504 e. The summed E-state index contributed by atoms with van der Waals surface area (Å²) in [6.45, 7) is 25.9. The Morgan fingerprint density at radius 2 is 1.53 bits per heavy atom. The van der Waals surface area contributed by atoms with Crippen molar-refractivity contribution in [2.75, 3.05) is 33.8 Å². The highest BCUT2D eigenvalue weighted by atomic mass is 16.6. The van der Waals surface area contributed by atoms with Crippen molar-refractivity contribution in [1.29, 1.82) is 0 Å². The second-order valence-electron chi connectivity index (χ2n) is 25.7. The van der Waals surface area contributed by atoms with Crippen LogP contribution in [-0.4, -0.2) is 107 Å². The number of rotatable bonds is 7. The van der Waals surface area contributed by atoms with E-state index < -0.39 is 11.2 Å². The Hall–Kier alpha value is -2.40. The Morgan fingerprint density at radius 3 is 2.20 bits per heavy atom. The summed E-state index contributed by atoms with van der Waals surface area (Å²) in [5.41, 5.74) is 5.13. The number of aliphatic hydroxyl groups excluding tert-OH is 1. The maximum Gasteiger partial charge on any atom is 0.165 e. The maximum absolute atomic E-state index is 11.1. The molecule has 0 radical (unpaired) electrons. The van der Waals surface area contributed by atoms with Crippen molar-refractivity contribution in [3.05, 3.63) is 52.1 Å². The molecule has 13 rings (SSSR count). The van der Waals surface area contributed by atoms with Crippen LogP contribution in [0.2, 0.25) is 0 Å². The Kier molecular flexibility index (Phi) is 9.72. The van der Waals surface area contributed by atoms with Crippen molar-refractivity contribution < 1.29 is 33.9 Å². The third-order valence-electron chi connectivity index (χ3n) is 19.7. The van der Waals surface area contributed by atoms with Crippen LogP contribution >= 0.6 is 0 Å². The number of ether oxygens (including phenoxy) is 5. The first-order valence-electron chi connectivity index (χ1n) is 25.4. The zero-order valence-electron chi connectivity index (χ0n) is 41.4. The summed E-state index contributed by atoms with van der Waals surface area (Å²) in [4.78, 5) is 5.45. The Bertz CT molecular complexity index is 2200. The average molecular weight is 881 g/mol. The summed E-state index contributed by atoms with van der Waals surface area (Å²) in [5.74, 6) is 3.71. The van der Waals surface area contributed by atoms with Gasteiger partial charge in [-0.05, 0) is 174 Å². The number of phenols is 1. The lowest BCUT2D eigenvalue weighted by Crippen LogP contribution is -2.83. The van der Waals surface area contributed by atoms with Crippen LogP contribution in [0.5, 0.6) is 17.2 Å². The van der Waals surface area contributed by atoms with Gasteiger partial charge in [0, 0.05) is 64.6 Å². The van der Waals surface area contributed by atoms with Crippen LogP contribution in [0.3, 0.4) is 0 Å². The van der Waals surface area contributed by atoms with Crippen LogP contribution in [0.4, 0.5) is 0 Å². The normalized spacial score (nSPS) is 39.8. The first-order valence-corrected chi connectivity index (χ1v) is 25.4. The molecule has 12 atom stereocenters. The highest BCUT2D eigenvalue weighted by Crippen LogP contribution is 2.78. The van der Waals surface area contributed by atoms with E-state index in [0.717, 1.165) is 87.4 Å². The summed E-state index contributed by atoms with van der Waals surface area (Å²) in [7, 11) is 4.20. The molecular formula is C55H80N2O7. The Morgan fingerprint density at radius 1 is 0.797 bits per heavy atom. The van der Waals surface area contributed by atoms with E-state index in [4.69, 9.17) is 23.7 Å². The van der Waals surface area contributed by atoms with Gasteiger partial charge in [0.25, 0.3) is 0 Å². The number of benzene rings is 2. The van der Waals surface area contributed by atoms with Crippen molar-refractivity contribution in [1.82, 2.24) is 9.80 Å². The fourth-order valence-electron chi connectivity index (χ4n) is 16.9. The van der Waals surface area contributed by atoms with E-state index in [0.29, 0.717) is 23.8 Å². The standard InChI is InChI=1S/C33H49NO4.C22H31NO3/c1-28(2,3)30(7,38-29(4,5)6)23-18-31-13-14-33(23,36-8)27-32(31)15-16-34(19-20-9-10-20)24(31)17-21-11-12-22(35)26(37-27)25(21)32;1-21(2,3)26-17-8-7-15-16-11-13-5-6-14(12-24)19-18(13)22(15,20(17)25-19)9-10-23(16)4/h11-12,20,23-24,27,35H,9-10,13-19H2,1-8H3;5-6,15-17,20,24H,7-12H2,1-4H3/t23-,24-,27?,30+,31-,32?,33-;15-,16+,17-,20?,22?/m10/s1. The van der Waals surface area contributed by atoms with E-state index in [1.165, 1.54) is 48.1 Å². The van der Waals surface area contributed by atoms with Crippen molar-refractivity contribution in [3.63, 3.8) is 0 Å². The van der Waals surface area contributed by atoms with Crippen LogP contribution in [0.15, 0.2) is 24.3 Å². The molecular weight excluding hydrogens is 801 g/mol. The predicted octanol–water partition coefficient (Wildman–Crippen LogP) is 9.27. The van der Waals surface area contributed by atoms with Crippen LogP contribution < -0.4 is 9.47 Å². The maximum atomic E-state index is 11.1. The molecule has 2 aromatic rings. The smallest absolute Gasteiger partial charge is 0.165 e. The molecule has 4 aliphatic heterocycles. The topological polar surface area (TPSA) is 93.1 Å². The number of methoxy groups -OCH3 is 1. The lowest BCUT2D eigenvalue weighted by atomic mass is 9.33. The first kappa shape index (κ1) is 44.1. The predicted molar refractivity (Wildman–Crippen MR) is 249 cm³/mol. The highest BCUT2D eigenvalue weighted by molar-refractivity contribution is 5.63. The molecule has 4 unspecified atom stereocenters. The van der Waals surface area contributed by atoms with Gasteiger partial charge in [0.1, 0.15) is 23.6 Å². The van der Waals surface area contributed by atoms with Gasteiger partial charge in [0.2, 0.25) is 0 Å². The molecule has 9 heteroatoms. The summed E-state index contributed by atoms with van der Waals surface area (Å²) < 4.78 is 34.3. The van der Waals surface area contributed by atoms with E-state index in [2.05, 4.69) is 104 Å². The van der Waals surface area contributed by atoms with Crippen LogP contribution in [0.25, 0.3) is 0 Å². The molecule has 2 N–H and O–H groups in total. The number of aliphatic hydroxyl groups is 1. The fraction of sp³-hybridized carbons (Fsp3) is 0.782. The number of likely N-dealkylation sites (tertiary alicyclic amines) is 2. The average Bonchev–Trinajstić information content (AvgIpc) is 3.86. The van der Waals surface area contributed by atoms with Gasteiger partial charge < -0.3 is 38.8 Å². The van der Waals surface area contributed by atoms with Gasteiger partial charge in [-0.1, -0.05) is 39.0 Å². The van der Waals surface area contributed by atoms with Crippen LogP contribution in [0.1, 0.15) is 155 Å². The second kappa shape index (κ2) is 14.1. The number of hydrogen-bond acceptors (Lipinski definition) is 9. The molecule has 7 fully saturated rings. The zero-order valence-corrected chi connectivity index (χ0v) is 41.4. The fourth-order valence-corrected chi connectivity index (χ4v) is 16.9. The monoisotopic (exact) mass is 881 g/mol. The minimum atomic E-state index is -0.474. The largest absolute Gasteiger partial charge is 0.504 e. The molecule has 9 nitrogen and oxygen atoms in total. The van der Waals surface area contributed by atoms with Gasteiger partial charge in [-0.2, -0.15) is 0 Å². The summed E-state index contributed by atoms with van der Waals surface area (Å²) in [6.07, 6.45) is 12.8. The van der Waals surface area contributed by atoms with E-state index in [-0.39, 0.29) is 63.7 Å². The molecule has 352 valence electrons. The number of likely N-dealkylation sites (N-methyl/N-ethyl adjacent to an activating group) is 1. The van der Waals surface area contributed by atoms with Crippen molar-refractivity contribution in [2.45, 2.75) is 210 Å². The summed E-state index contributed by atoms with van der Waals surface area (Å²) >= 11 is 0. The number of piperidine rings is 2.